The lowest BCUT2D eigenvalue weighted by atomic mass is 10.1. The summed E-state index contributed by atoms with van der Waals surface area (Å²) in [5.41, 5.74) is 6.92. The highest BCUT2D eigenvalue weighted by Crippen LogP contribution is 2.25. The van der Waals surface area contributed by atoms with Crippen LogP contribution in [0.5, 0.6) is 0 Å². The Balaban J connectivity index is 1.93. The Labute approximate surface area is 190 Å². The molecule has 0 aliphatic carbocycles. The number of rotatable bonds is 7. The molecule has 33 heavy (non-hydrogen) atoms. The number of hydrogen-bond acceptors (Lipinski definition) is 5. The molecule has 0 fully saturated rings. The first-order chi connectivity index (χ1) is 15.8. The molecule has 170 valence electrons. The summed E-state index contributed by atoms with van der Waals surface area (Å²) in [7, 11) is 1.48. The smallest absolute Gasteiger partial charge is 0.332 e. The molecule has 0 aliphatic rings. The first kappa shape index (κ1) is 22.1. The summed E-state index contributed by atoms with van der Waals surface area (Å²) in [6.45, 7) is 4.76. The molecule has 0 unspecified atom stereocenters. The lowest BCUT2D eigenvalue weighted by Crippen LogP contribution is -2.38. The molecular weight excluding hydrogens is 420 g/mol. The summed E-state index contributed by atoms with van der Waals surface area (Å²) in [4.78, 5) is 37.5. The molecule has 3 N–H and O–H groups in total. The number of carbonyl (C=O) groups is 1. The molecule has 2 heterocycles. The van der Waals surface area contributed by atoms with E-state index < -0.39 is 17.2 Å². The molecule has 0 radical (unpaired) electrons. The summed E-state index contributed by atoms with van der Waals surface area (Å²) in [5.74, 6) is 0.174. The van der Waals surface area contributed by atoms with Gasteiger partial charge >= 0.3 is 5.69 Å². The van der Waals surface area contributed by atoms with E-state index in [-0.39, 0.29) is 5.92 Å². The summed E-state index contributed by atoms with van der Waals surface area (Å²) in [6, 6.07) is 16.3. The number of aromatic nitrogens is 4. The van der Waals surface area contributed by atoms with Crippen molar-refractivity contribution in [1.82, 2.24) is 18.9 Å². The molecule has 1 amide bonds. The molecule has 0 saturated carbocycles. The molecule has 0 spiro atoms. The van der Waals surface area contributed by atoms with Crippen molar-refractivity contribution in [3.63, 3.8) is 0 Å². The third-order valence-corrected chi connectivity index (χ3v) is 5.38. The maximum atomic E-state index is 13.2. The van der Waals surface area contributed by atoms with E-state index in [2.05, 4.69) is 10.4 Å². The minimum atomic E-state index is -0.501. The Bertz CT molecular complexity index is 1430. The van der Waals surface area contributed by atoms with E-state index in [1.165, 1.54) is 7.05 Å². The normalized spacial score (nSPS) is 11.3. The van der Waals surface area contributed by atoms with Gasteiger partial charge < -0.3 is 11.1 Å². The van der Waals surface area contributed by atoms with Gasteiger partial charge in [-0.05, 0) is 35.7 Å². The van der Waals surface area contributed by atoms with Crippen molar-refractivity contribution in [3.8, 4) is 0 Å². The largest absolute Gasteiger partial charge is 0.366 e. The van der Waals surface area contributed by atoms with Crippen LogP contribution in [0, 0.1) is 5.92 Å². The van der Waals surface area contributed by atoms with Crippen LogP contribution >= 0.6 is 0 Å². The zero-order valence-electron chi connectivity index (χ0n) is 18.8. The Morgan fingerprint density at radius 2 is 1.73 bits per heavy atom. The highest BCUT2D eigenvalue weighted by Gasteiger charge is 2.22. The van der Waals surface area contributed by atoms with Gasteiger partial charge in [-0.25, -0.2) is 9.48 Å². The summed E-state index contributed by atoms with van der Waals surface area (Å²) < 4.78 is 4.34. The first-order valence-electron chi connectivity index (χ1n) is 10.7. The number of nitrogens with one attached hydrogen (secondary N) is 1. The second kappa shape index (κ2) is 8.78. The van der Waals surface area contributed by atoms with E-state index in [1.54, 1.807) is 33.5 Å². The van der Waals surface area contributed by atoms with E-state index in [9.17, 15) is 14.4 Å². The van der Waals surface area contributed by atoms with Crippen LogP contribution in [0.3, 0.4) is 0 Å². The Hall–Kier alpha value is -4.14. The van der Waals surface area contributed by atoms with Crippen LogP contribution in [0.25, 0.3) is 11.0 Å². The second-order valence-electron chi connectivity index (χ2n) is 8.41. The van der Waals surface area contributed by atoms with Crippen molar-refractivity contribution in [2.75, 3.05) is 5.32 Å². The number of nitrogens with zero attached hydrogens (tertiary/aromatic N) is 4. The van der Waals surface area contributed by atoms with Crippen molar-refractivity contribution >= 4 is 28.4 Å². The summed E-state index contributed by atoms with van der Waals surface area (Å²) >= 11 is 0. The van der Waals surface area contributed by atoms with Crippen molar-refractivity contribution in [2.45, 2.75) is 26.9 Å². The van der Waals surface area contributed by atoms with E-state index in [4.69, 9.17) is 5.73 Å². The number of fused-ring (bicyclic) bond motifs is 1. The molecule has 0 aliphatic heterocycles. The molecule has 2 aromatic carbocycles. The van der Waals surface area contributed by atoms with Crippen LogP contribution in [0.1, 0.15) is 29.8 Å². The minimum Gasteiger partial charge on any atom is -0.366 e. The van der Waals surface area contributed by atoms with E-state index in [0.717, 1.165) is 15.8 Å². The molecule has 2 aromatic heterocycles. The maximum absolute atomic E-state index is 13.2. The molecule has 9 nitrogen and oxygen atoms in total. The zero-order chi connectivity index (χ0) is 23.7. The third-order valence-electron chi connectivity index (χ3n) is 5.38. The Morgan fingerprint density at radius 1 is 1.06 bits per heavy atom. The Morgan fingerprint density at radius 3 is 2.33 bits per heavy atom. The van der Waals surface area contributed by atoms with Gasteiger partial charge in [-0.15, -0.1) is 0 Å². The van der Waals surface area contributed by atoms with Crippen LogP contribution < -0.4 is 22.3 Å². The minimum absolute atomic E-state index is 0.181. The molecule has 9 heteroatoms. The fourth-order valence-electron chi connectivity index (χ4n) is 3.74. The number of nitrogens with two attached hydrogens (primary N) is 1. The monoisotopic (exact) mass is 446 g/mol. The molecular formula is C24H26N6O3. The lowest BCUT2D eigenvalue weighted by molar-refractivity contribution is 0.100. The van der Waals surface area contributed by atoms with Crippen LogP contribution in [0.15, 0.2) is 64.2 Å². The van der Waals surface area contributed by atoms with Gasteiger partial charge in [-0.1, -0.05) is 44.2 Å². The van der Waals surface area contributed by atoms with Crippen LogP contribution in [-0.4, -0.2) is 24.8 Å². The Kier molecular flexibility index (Phi) is 5.87. The number of carbonyl (C=O) groups excluding carboxylic acids is 1. The number of para-hydroxylation sites is 1. The van der Waals surface area contributed by atoms with Gasteiger partial charge in [-0.2, -0.15) is 5.10 Å². The lowest BCUT2D eigenvalue weighted by Gasteiger charge is -2.11. The van der Waals surface area contributed by atoms with Crippen LogP contribution in [0.4, 0.5) is 11.5 Å². The molecule has 4 aromatic rings. The van der Waals surface area contributed by atoms with Gasteiger partial charge in [0.15, 0.2) is 5.65 Å². The van der Waals surface area contributed by atoms with Crippen LogP contribution in [-0.2, 0) is 20.1 Å². The van der Waals surface area contributed by atoms with E-state index in [0.29, 0.717) is 35.5 Å². The van der Waals surface area contributed by atoms with Gasteiger partial charge in [0.1, 0.15) is 11.2 Å². The first-order valence-corrected chi connectivity index (χ1v) is 10.7. The van der Waals surface area contributed by atoms with Crippen molar-refractivity contribution in [2.24, 2.45) is 18.7 Å². The third kappa shape index (κ3) is 4.30. The SMILES string of the molecule is CC(C)Cn1c(=O)n(C)c(=O)c2c(Nc3ccccc3)n(Cc3ccc(C(N)=O)cc3)nc21. The van der Waals surface area contributed by atoms with Gasteiger partial charge in [0, 0.05) is 24.8 Å². The van der Waals surface area contributed by atoms with Gasteiger partial charge in [0.2, 0.25) is 5.91 Å². The average Bonchev–Trinajstić information content (AvgIpc) is 3.13. The van der Waals surface area contributed by atoms with Crippen molar-refractivity contribution < 1.29 is 4.79 Å². The van der Waals surface area contributed by atoms with Crippen molar-refractivity contribution in [1.29, 1.82) is 0 Å². The molecule has 0 saturated heterocycles. The number of hydrogen-bond donors (Lipinski definition) is 2. The summed E-state index contributed by atoms with van der Waals surface area (Å²) in [5, 5.41) is 8.34. The highest BCUT2D eigenvalue weighted by atomic mass is 16.2. The fraction of sp³-hybridized carbons (Fsp3) is 0.250. The predicted octanol–water partition coefficient (Wildman–Crippen LogP) is 2.44. The number of primary amides is 1. The van der Waals surface area contributed by atoms with Gasteiger partial charge in [0.05, 0.1) is 6.54 Å². The highest BCUT2D eigenvalue weighted by molar-refractivity contribution is 5.92. The van der Waals surface area contributed by atoms with Crippen LogP contribution in [0.2, 0.25) is 0 Å². The fourth-order valence-corrected chi connectivity index (χ4v) is 3.74. The maximum Gasteiger partial charge on any atom is 0.332 e. The number of anilines is 2. The number of amides is 1. The molecule has 0 bridgehead atoms. The topological polar surface area (TPSA) is 117 Å². The summed E-state index contributed by atoms with van der Waals surface area (Å²) in [6.07, 6.45) is 0. The molecule has 0 atom stereocenters. The van der Waals surface area contributed by atoms with Gasteiger partial charge in [0.25, 0.3) is 5.56 Å². The molecule has 4 rings (SSSR count). The van der Waals surface area contributed by atoms with Crippen molar-refractivity contribution in [3.05, 3.63) is 86.6 Å². The zero-order valence-corrected chi connectivity index (χ0v) is 18.8. The average molecular weight is 447 g/mol. The predicted molar refractivity (Wildman–Crippen MR) is 128 cm³/mol. The quantitative estimate of drug-likeness (QED) is 0.452. The van der Waals surface area contributed by atoms with E-state index in [1.807, 2.05) is 44.2 Å². The second-order valence-corrected chi connectivity index (χ2v) is 8.41. The van der Waals surface area contributed by atoms with E-state index >= 15 is 0 Å². The standard InChI is InChI=1S/C24H26N6O3/c1-15(2)13-29-22-19(23(32)28(3)24(29)33)21(26-18-7-5-4-6-8-18)30(27-22)14-16-9-11-17(12-10-16)20(25)31/h4-12,15,26H,13-14H2,1-3H3,(H2,25,31). The number of benzene rings is 2. The van der Waals surface area contributed by atoms with Gasteiger partial charge in [-0.3, -0.25) is 18.7 Å².